The van der Waals surface area contributed by atoms with Gasteiger partial charge in [-0.25, -0.2) is 0 Å². The standard InChI is InChI=1S/C18H34O4Si/c1-7-8-9-10-13(22-23(5,6)18(2,3)4)14-11-15-16(20-14)12-17(19)21-15/h8-9,13-17,19H,7,10-12H2,1-6H3/b9-8+/t13-,14+,15+,16+,17?/m0/s1. The maximum atomic E-state index is 9.59. The lowest BCUT2D eigenvalue weighted by molar-refractivity contribution is -0.0941. The summed E-state index contributed by atoms with van der Waals surface area (Å²) < 4.78 is 18.4. The van der Waals surface area contributed by atoms with Gasteiger partial charge in [-0.2, -0.15) is 0 Å². The maximum absolute atomic E-state index is 9.59. The van der Waals surface area contributed by atoms with Crippen LogP contribution in [0.25, 0.3) is 0 Å². The van der Waals surface area contributed by atoms with Gasteiger partial charge in [-0.15, -0.1) is 0 Å². The highest BCUT2D eigenvalue weighted by Gasteiger charge is 2.48. The first-order valence-corrected chi connectivity index (χ1v) is 11.9. The molecule has 2 aliphatic heterocycles. The molecule has 0 aliphatic carbocycles. The van der Waals surface area contributed by atoms with Gasteiger partial charge < -0.3 is 19.0 Å². The molecule has 2 heterocycles. The normalized spacial score (nSPS) is 33.3. The molecular formula is C18H34O4Si. The van der Waals surface area contributed by atoms with Crippen molar-refractivity contribution < 1.29 is 19.0 Å². The van der Waals surface area contributed by atoms with E-state index in [0.717, 1.165) is 19.3 Å². The minimum Gasteiger partial charge on any atom is -0.411 e. The van der Waals surface area contributed by atoms with Crippen molar-refractivity contribution in [1.82, 2.24) is 0 Å². The Bertz CT molecular complexity index is 402. The summed E-state index contributed by atoms with van der Waals surface area (Å²) in [6.45, 7) is 13.5. The Labute approximate surface area is 142 Å². The van der Waals surface area contributed by atoms with E-state index in [-0.39, 0.29) is 29.5 Å². The molecule has 134 valence electrons. The van der Waals surface area contributed by atoms with Gasteiger partial charge in [-0.3, -0.25) is 0 Å². The van der Waals surface area contributed by atoms with Gasteiger partial charge in [0.05, 0.1) is 24.4 Å². The highest BCUT2D eigenvalue weighted by atomic mass is 28.4. The summed E-state index contributed by atoms with van der Waals surface area (Å²) in [6, 6.07) is 0. The molecule has 0 radical (unpaired) electrons. The molecule has 0 amide bonds. The van der Waals surface area contributed by atoms with Crippen molar-refractivity contribution in [3.05, 3.63) is 12.2 Å². The molecule has 0 aromatic heterocycles. The fourth-order valence-electron chi connectivity index (χ4n) is 3.02. The van der Waals surface area contributed by atoms with Crippen molar-refractivity contribution >= 4 is 8.32 Å². The van der Waals surface area contributed by atoms with Crippen molar-refractivity contribution in [3.8, 4) is 0 Å². The van der Waals surface area contributed by atoms with E-state index in [1.54, 1.807) is 0 Å². The first-order valence-electron chi connectivity index (χ1n) is 8.96. The molecule has 1 unspecified atom stereocenters. The van der Waals surface area contributed by atoms with Gasteiger partial charge in [-0.05, 0) is 31.0 Å². The van der Waals surface area contributed by atoms with Crippen LogP contribution >= 0.6 is 0 Å². The summed E-state index contributed by atoms with van der Waals surface area (Å²) in [5, 5.41) is 9.77. The third kappa shape index (κ3) is 4.66. The Hall–Kier alpha value is -0.203. The second-order valence-corrected chi connectivity index (χ2v) is 13.1. The molecule has 2 fully saturated rings. The third-order valence-corrected chi connectivity index (χ3v) is 9.94. The van der Waals surface area contributed by atoms with Crippen LogP contribution in [0, 0.1) is 0 Å². The SMILES string of the molecule is CC/C=C/C[C@H](O[Si](C)(C)C(C)(C)C)[C@H]1C[C@H]2OC(O)C[C@H]2O1. The lowest BCUT2D eigenvalue weighted by Gasteiger charge is -2.40. The number of aliphatic hydroxyl groups is 1. The van der Waals surface area contributed by atoms with Gasteiger partial charge in [0, 0.05) is 12.8 Å². The number of fused-ring (bicyclic) bond motifs is 1. The summed E-state index contributed by atoms with van der Waals surface area (Å²) in [5.41, 5.74) is 0. The van der Waals surface area contributed by atoms with Crippen LogP contribution in [0.1, 0.15) is 53.4 Å². The number of ether oxygens (including phenoxy) is 2. The lowest BCUT2D eigenvalue weighted by atomic mass is 10.1. The Kier molecular flexibility index (Phi) is 6.12. The van der Waals surface area contributed by atoms with E-state index in [1.807, 2.05) is 0 Å². The second kappa shape index (κ2) is 7.36. The zero-order valence-electron chi connectivity index (χ0n) is 15.5. The predicted molar refractivity (Wildman–Crippen MR) is 94.9 cm³/mol. The van der Waals surface area contributed by atoms with Gasteiger partial charge in [0.15, 0.2) is 14.6 Å². The quantitative estimate of drug-likeness (QED) is 0.585. The largest absolute Gasteiger partial charge is 0.411 e. The maximum Gasteiger partial charge on any atom is 0.192 e. The average Bonchev–Trinajstić information content (AvgIpc) is 2.93. The number of rotatable bonds is 6. The van der Waals surface area contributed by atoms with E-state index in [4.69, 9.17) is 13.9 Å². The molecule has 1 N–H and O–H groups in total. The monoisotopic (exact) mass is 342 g/mol. The van der Waals surface area contributed by atoms with E-state index in [2.05, 4.69) is 52.9 Å². The molecule has 2 aliphatic rings. The van der Waals surface area contributed by atoms with Crippen LogP contribution < -0.4 is 0 Å². The molecule has 4 nitrogen and oxygen atoms in total. The van der Waals surface area contributed by atoms with E-state index < -0.39 is 14.6 Å². The van der Waals surface area contributed by atoms with Crippen molar-refractivity contribution in [2.45, 2.75) is 102 Å². The molecule has 0 bridgehead atoms. The van der Waals surface area contributed by atoms with Gasteiger partial charge >= 0.3 is 0 Å². The van der Waals surface area contributed by atoms with Gasteiger partial charge in [0.2, 0.25) is 0 Å². The molecule has 0 aromatic carbocycles. The van der Waals surface area contributed by atoms with Gasteiger partial charge in [0.25, 0.3) is 0 Å². The average molecular weight is 343 g/mol. The predicted octanol–water partition coefficient (Wildman–Crippen LogP) is 4.00. The minimum absolute atomic E-state index is 0.0238. The number of aliphatic hydroxyl groups excluding tert-OH is 1. The summed E-state index contributed by atoms with van der Waals surface area (Å²) in [4.78, 5) is 0. The molecule has 2 rings (SSSR count). The molecule has 2 saturated heterocycles. The van der Waals surface area contributed by atoms with Crippen LogP contribution in [0.5, 0.6) is 0 Å². The molecular weight excluding hydrogens is 308 g/mol. The molecule has 5 heteroatoms. The fraction of sp³-hybridized carbons (Fsp3) is 0.889. The Balaban J connectivity index is 2.05. The van der Waals surface area contributed by atoms with E-state index in [0.29, 0.717) is 6.42 Å². The Morgan fingerprint density at radius 1 is 1.17 bits per heavy atom. The highest BCUT2D eigenvalue weighted by molar-refractivity contribution is 6.74. The molecule has 5 atom stereocenters. The van der Waals surface area contributed by atoms with Gasteiger partial charge in [0.1, 0.15) is 0 Å². The lowest BCUT2D eigenvalue weighted by Crippen LogP contribution is -2.47. The summed E-state index contributed by atoms with van der Waals surface area (Å²) >= 11 is 0. The summed E-state index contributed by atoms with van der Waals surface area (Å²) in [5.74, 6) is 0. The smallest absolute Gasteiger partial charge is 0.192 e. The van der Waals surface area contributed by atoms with Crippen molar-refractivity contribution in [2.75, 3.05) is 0 Å². The first kappa shape index (κ1) is 19.1. The van der Waals surface area contributed by atoms with E-state index in [1.165, 1.54) is 0 Å². The number of allylic oxidation sites excluding steroid dienone is 1. The van der Waals surface area contributed by atoms with Crippen LogP contribution in [0.4, 0.5) is 0 Å². The fourth-order valence-corrected chi connectivity index (χ4v) is 4.38. The zero-order chi connectivity index (χ0) is 17.3. The molecule has 0 aromatic rings. The highest BCUT2D eigenvalue weighted by Crippen LogP contribution is 2.41. The second-order valence-electron chi connectivity index (χ2n) is 8.35. The van der Waals surface area contributed by atoms with Crippen LogP contribution in [0.3, 0.4) is 0 Å². The molecule has 0 saturated carbocycles. The van der Waals surface area contributed by atoms with Crippen LogP contribution in [-0.2, 0) is 13.9 Å². The van der Waals surface area contributed by atoms with E-state index >= 15 is 0 Å². The van der Waals surface area contributed by atoms with Gasteiger partial charge in [-0.1, -0.05) is 39.8 Å². The van der Waals surface area contributed by atoms with Crippen molar-refractivity contribution in [3.63, 3.8) is 0 Å². The molecule has 0 spiro atoms. The first-order chi connectivity index (χ1) is 10.6. The van der Waals surface area contributed by atoms with Crippen molar-refractivity contribution in [2.24, 2.45) is 0 Å². The van der Waals surface area contributed by atoms with Crippen molar-refractivity contribution in [1.29, 1.82) is 0 Å². The number of hydrogen-bond donors (Lipinski definition) is 1. The molecule has 23 heavy (non-hydrogen) atoms. The van der Waals surface area contributed by atoms with Crippen LogP contribution in [0.2, 0.25) is 18.1 Å². The summed E-state index contributed by atoms with van der Waals surface area (Å²) in [6.07, 6.45) is 7.25. The topological polar surface area (TPSA) is 47.9 Å². The Morgan fingerprint density at radius 3 is 2.39 bits per heavy atom. The van der Waals surface area contributed by atoms with Crippen LogP contribution in [-0.4, -0.2) is 44.1 Å². The zero-order valence-corrected chi connectivity index (χ0v) is 16.5. The Morgan fingerprint density at radius 2 is 1.83 bits per heavy atom. The van der Waals surface area contributed by atoms with Crippen LogP contribution in [0.15, 0.2) is 12.2 Å². The summed E-state index contributed by atoms with van der Waals surface area (Å²) in [7, 11) is -1.85. The third-order valence-electron chi connectivity index (χ3n) is 5.43. The van der Waals surface area contributed by atoms with E-state index in [9.17, 15) is 5.11 Å². The minimum atomic E-state index is -1.85. The number of hydrogen-bond acceptors (Lipinski definition) is 4.